The van der Waals surface area contributed by atoms with E-state index < -0.39 is 59.3 Å². The van der Waals surface area contributed by atoms with Gasteiger partial charge in [0, 0.05) is 81.7 Å². The Labute approximate surface area is 292 Å². The van der Waals surface area contributed by atoms with Gasteiger partial charge in [0.05, 0.1) is 22.5 Å². The SMILES string of the molecule is Nc1c(C(F)(F)F)cc(C[C@@H](OC(=O)N2CCC(N3CCc4cscc4NC3=O)CC2)C(=O)N2CCN(c3ccncc3)CC2)cc1C(F)(F)F. The Morgan fingerprint density at radius 2 is 1.55 bits per heavy atom. The second kappa shape index (κ2) is 14.5. The number of nitrogens with zero attached hydrogens (tertiary/aromatic N) is 5. The smallest absolute Gasteiger partial charge is 0.418 e. The van der Waals surface area contributed by atoms with Crippen molar-refractivity contribution in [3.8, 4) is 0 Å². The van der Waals surface area contributed by atoms with Gasteiger partial charge in [-0.05, 0) is 60.0 Å². The van der Waals surface area contributed by atoms with Gasteiger partial charge in [-0.15, -0.1) is 11.3 Å². The van der Waals surface area contributed by atoms with Crippen LogP contribution in [0.4, 0.5) is 53.0 Å². The molecule has 0 saturated carbocycles. The van der Waals surface area contributed by atoms with Crippen molar-refractivity contribution in [2.75, 3.05) is 61.8 Å². The predicted molar refractivity (Wildman–Crippen MR) is 176 cm³/mol. The average molecular weight is 740 g/mol. The Bertz CT molecular complexity index is 1700. The summed E-state index contributed by atoms with van der Waals surface area (Å²) in [5.74, 6) is -0.750. The highest BCUT2D eigenvalue weighted by Crippen LogP contribution is 2.42. The van der Waals surface area contributed by atoms with E-state index in [1.807, 2.05) is 15.7 Å². The van der Waals surface area contributed by atoms with Crippen LogP contribution < -0.4 is 16.0 Å². The number of thiophene rings is 1. The molecule has 4 amide bonds. The van der Waals surface area contributed by atoms with Crippen molar-refractivity contribution >= 4 is 46.4 Å². The number of benzene rings is 1. The van der Waals surface area contributed by atoms with Crippen molar-refractivity contribution < 1.29 is 45.5 Å². The molecule has 0 unspecified atom stereocenters. The minimum atomic E-state index is -5.22. The number of nitrogen functional groups attached to an aromatic ring is 1. The summed E-state index contributed by atoms with van der Waals surface area (Å²) in [4.78, 5) is 50.7. The van der Waals surface area contributed by atoms with E-state index in [1.165, 1.54) is 21.1 Å². The number of urea groups is 1. The summed E-state index contributed by atoms with van der Waals surface area (Å²) in [6.45, 7) is 1.86. The number of pyridine rings is 1. The van der Waals surface area contributed by atoms with Crippen molar-refractivity contribution in [2.45, 2.75) is 50.2 Å². The summed E-state index contributed by atoms with van der Waals surface area (Å²) >= 11 is 1.50. The van der Waals surface area contributed by atoms with Gasteiger partial charge >= 0.3 is 24.5 Å². The zero-order valence-corrected chi connectivity index (χ0v) is 28.0. The van der Waals surface area contributed by atoms with Crippen LogP contribution in [-0.2, 0) is 34.7 Å². The molecule has 3 aliphatic heterocycles. The molecule has 0 aliphatic carbocycles. The van der Waals surface area contributed by atoms with Gasteiger partial charge in [0.2, 0.25) is 0 Å². The maximum Gasteiger partial charge on any atom is 0.418 e. The molecule has 11 nitrogen and oxygen atoms in total. The van der Waals surface area contributed by atoms with Crippen LogP contribution in [0.1, 0.15) is 35.1 Å². The number of anilines is 3. The third-order valence-corrected chi connectivity index (χ3v) is 10.2. The number of carbonyl (C=O) groups excluding carboxylic acids is 3. The van der Waals surface area contributed by atoms with E-state index in [4.69, 9.17) is 10.5 Å². The molecule has 0 radical (unpaired) electrons. The number of amides is 4. The topological polar surface area (TPSA) is 124 Å². The molecule has 0 bridgehead atoms. The maximum absolute atomic E-state index is 13.9. The second-order valence-corrected chi connectivity index (χ2v) is 13.3. The van der Waals surface area contributed by atoms with Gasteiger partial charge < -0.3 is 35.4 Å². The van der Waals surface area contributed by atoms with Crippen LogP contribution in [0.2, 0.25) is 0 Å². The first-order valence-corrected chi connectivity index (χ1v) is 17.2. The van der Waals surface area contributed by atoms with Gasteiger partial charge in [0.15, 0.2) is 6.10 Å². The molecular formula is C33H35F6N7O4S. The second-order valence-electron chi connectivity index (χ2n) is 12.6. The molecular weight excluding hydrogens is 704 g/mol. The molecule has 3 aromatic rings. The highest BCUT2D eigenvalue weighted by molar-refractivity contribution is 7.08. The van der Waals surface area contributed by atoms with Crippen molar-refractivity contribution in [1.29, 1.82) is 0 Å². The van der Waals surface area contributed by atoms with Crippen LogP contribution in [0, 0.1) is 0 Å². The molecule has 2 aromatic heterocycles. The first kappa shape index (κ1) is 36.1. The van der Waals surface area contributed by atoms with Crippen LogP contribution in [0.5, 0.6) is 0 Å². The number of aromatic nitrogens is 1. The Balaban J connectivity index is 1.18. The molecule has 0 spiro atoms. The molecule has 51 heavy (non-hydrogen) atoms. The fourth-order valence-corrected chi connectivity index (χ4v) is 7.52. The van der Waals surface area contributed by atoms with Gasteiger partial charge in [-0.3, -0.25) is 9.78 Å². The Hall–Kier alpha value is -4.74. The number of hydrogen-bond acceptors (Lipinski definition) is 8. The number of ether oxygens (including phenoxy) is 1. The maximum atomic E-state index is 13.9. The van der Waals surface area contributed by atoms with Gasteiger partial charge in [0.1, 0.15) is 0 Å². The highest BCUT2D eigenvalue weighted by atomic mass is 32.1. The quantitative estimate of drug-likeness (QED) is 0.245. The van der Waals surface area contributed by atoms with Gasteiger partial charge in [-0.2, -0.15) is 26.3 Å². The van der Waals surface area contributed by atoms with Gasteiger partial charge in [-0.25, -0.2) is 9.59 Å². The number of nitrogens with two attached hydrogens (primary N) is 1. The van der Waals surface area contributed by atoms with Gasteiger partial charge in [-0.1, -0.05) is 0 Å². The molecule has 274 valence electrons. The Morgan fingerprint density at radius 3 is 2.16 bits per heavy atom. The van der Waals surface area contributed by atoms with E-state index in [9.17, 15) is 40.7 Å². The van der Waals surface area contributed by atoms with Crippen LogP contribution >= 0.6 is 11.3 Å². The zero-order valence-electron chi connectivity index (χ0n) is 27.2. The average Bonchev–Trinajstić information content (AvgIpc) is 3.47. The first-order valence-electron chi connectivity index (χ1n) is 16.3. The number of piperidine rings is 1. The molecule has 3 aliphatic rings. The van der Waals surface area contributed by atoms with Crippen LogP contribution in [-0.4, -0.2) is 95.7 Å². The number of likely N-dealkylation sites (tertiary alicyclic amines) is 1. The Morgan fingerprint density at radius 1 is 0.922 bits per heavy atom. The molecule has 18 heteroatoms. The third kappa shape index (κ3) is 8.10. The standard InChI is InChI=1S/C33H35F6N7O4S/c34-32(35,36)24-15-20(16-25(28(24)40)33(37,38)39)17-27(29(47)44-13-11-43(12-14-44)22-1-6-41-7-2-22)50-31(49)45-8-4-23(5-9-45)46-10-3-21-18-51-19-26(21)42-30(46)48/h1-2,6-7,15-16,18-19,23,27H,3-5,8-14,17,40H2,(H,42,48)/t27-/m1/s1. The number of alkyl halides is 6. The van der Waals surface area contributed by atoms with E-state index in [0.29, 0.717) is 51.0 Å². The van der Waals surface area contributed by atoms with Crippen molar-refractivity contribution in [1.82, 2.24) is 19.7 Å². The van der Waals surface area contributed by atoms with Crippen LogP contribution in [0.3, 0.4) is 0 Å². The minimum Gasteiger partial charge on any atom is -0.436 e. The fourth-order valence-electron chi connectivity index (χ4n) is 6.70. The third-order valence-electron chi connectivity index (χ3n) is 9.44. The molecule has 2 saturated heterocycles. The number of halogens is 6. The summed E-state index contributed by atoms with van der Waals surface area (Å²) in [5, 5.41) is 6.76. The lowest BCUT2D eigenvalue weighted by Crippen LogP contribution is -2.54. The normalized spacial score (nSPS) is 18.2. The fraction of sp³-hybridized carbons (Fsp3) is 0.455. The van der Waals surface area contributed by atoms with E-state index in [-0.39, 0.29) is 38.3 Å². The summed E-state index contributed by atoms with van der Waals surface area (Å²) in [5.41, 5.74) is 2.58. The molecule has 1 atom stereocenters. The lowest BCUT2D eigenvalue weighted by atomic mass is 9.97. The number of piperazine rings is 1. The van der Waals surface area contributed by atoms with Crippen molar-refractivity contribution in [2.24, 2.45) is 0 Å². The van der Waals surface area contributed by atoms with Crippen molar-refractivity contribution in [3.05, 3.63) is 69.7 Å². The van der Waals surface area contributed by atoms with E-state index in [0.717, 1.165) is 16.9 Å². The first-order chi connectivity index (χ1) is 24.2. The molecule has 1 aromatic carbocycles. The molecule has 5 heterocycles. The van der Waals surface area contributed by atoms with E-state index in [1.54, 1.807) is 29.4 Å². The summed E-state index contributed by atoms with van der Waals surface area (Å²) < 4.78 is 88.6. The lowest BCUT2D eigenvalue weighted by Gasteiger charge is -2.39. The largest absolute Gasteiger partial charge is 0.436 e. The minimum absolute atomic E-state index is 0.151. The van der Waals surface area contributed by atoms with E-state index in [2.05, 4.69) is 10.3 Å². The molecule has 3 N–H and O–H groups in total. The molecule has 6 rings (SSSR count). The zero-order chi connectivity index (χ0) is 36.5. The number of nitrogens with one attached hydrogen (secondary N) is 1. The number of fused-ring (bicyclic) bond motifs is 1. The number of hydrogen-bond donors (Lipinski definition) is 2. The van der Waals surface area contributed by atoms with Crippen LogP contribution in [0.15, 0.2) is 47.4 Å². The predicted octanol–water partition coefficient (Wildman–Crippen LogP) is 5.71. The highest BCUT2D eigenvalue weighted by Gasteiger charge is 2.42. The van der Waals surface area contributed by atoms with Gasteiger partial charge in [0.25, 0.3) is 5.91 Å². The summed E-state index contributed by atoms with van der Waals surface area (Å²) in [7, 11) is 0. The molecule has 2 fully saturated rings. The number of carbonyl (C=O) groups is 3. The van der Waals surface area contributed by atoms with Crippen molar-refractivity contribution in [3.63, 3.8) is 0 Å². The monoisotopic (exact) mass is 739 g/mol. The number of rotatable bonds is 6. The van der Waals surface area contributed by atoms with Crippen LogP contribution in [0.25, 0.3) is 0 Å². The summed E-state index contributed by atoms with van der Waals surface area (Å²) in [6.07, 6.45) is -9.18. The lowest BCUT2D eigenvalue weighted by molar-refractivity contribution is -0.141. The Kier molecular flexibility index (Phi) is 10.2. The summed E-state index contributed by atoms with van der Waals surface area (Å²) in [6, 6.07) is 4.06. The van der Waals surface area contributed by atoms with E-state index >= 15 is 0 Å².